The fraction of sp³-hybridized carbons (Fsp3) is 0.517. The van der Waals surface area contributed by atoms with Crippen LogP contribution in [0.4, 0.5) is 5.69 Å². The van der Waals surface area contributed by atoms with Crippen molar-refractivity contribution in [3.63, 3.8) is 0 Å². The van der Waals surface area contributed by atoms with Gasteiger partial charge in [0, 0.05) is 18.7 Å². The second kappa shape index (κ2) is 10.0. The number of rotatable bonds is 5. The molecule has 190 valence electrons. The van der Waals surface area contributed by atoms with Gasteiger partial charge in [-0.15, -0.1) is 11.3 Å². The summed E-state index contributed by atoms with van der Waals surface area (Å²) in [5, 5.41) is 0. The van der Waals surface area contributed by atoms with Gasteiger partial charge in [-0.25, -0.2) is 4.79 Å². The number of anilines is 1. The van der Waals surface area contributed by atoms with Crippen molar-refractivity contribution in [3.8, 4) is 11.3 Å². The average Bonchev–Trinajstić information content (AvgIpc) is 3.44. The first-order chi connectivity index (χ1) is 17.7. The molecule has 0 unspecified atom stereocenters. The molecule has 1 aliphatic carbocycles. The van der Waals surface area contributed by atoms with E-state index >= 15 is 0 Å². The summed E-state index contributed by atoms with van der Waals surface area (Å²) in [6.07, 6.45) is 9.87. The number of fused-ring (bicyclic) bond motifs is 5. The first kappa shape index (κ1) is 23.7. The number of para-hydroxylation sites is 1. The molecular weight excluding hydrogens is 470 g/mol. The van der Waals surface area contributed by atoms with Crippen molar-refractivity contribution in [3.05, 3.63) is 40.8 Å². The molecule has 0 N–H and O–H groups in total. The highest BCUT2D eigenvalue weighted by molar-refractivity contribution is 7.21. The van der Waals surface area contributed by atoms with Gasteiger partial charge in [-0.3, -0.25) is 4.79 Å². The Kier molecular flexibility index (Phi) is 6.61. The Labute approximate surface area is 216 Å². The summed E-state index contributed by atoms with van der Waals surface area (Å²) >= 11 is 1.53. The van der Waals surface area contributed by atoms with Gasteiger partial charge in [-0.05, 0) is 62.4 Å². The number of amides is 1. The van der Waals surface area contributed by atoms with Crippen LogP contribution in [0, 0.1) is 0 Å². The molecule has 0 radical (unpaired) electrons. The molecule has 1 amide bonds. The van der Waals surface area contributed by atoms with Gasteiger partial charge >= 0.3 is 5.97 Å². The Hall–Kier alpha value is -2.64. The molecule has 0 spiro atoms. The molecule has 3 aromatic rings. The van der Waals surface area contributed by atoms with E-state index in [-0.39, 0.29) is 11.9 Å². The Balaban J connectivity index is 1.48. The van der Waals surface area contributed by atoms with Crippen molar-refractivity contribution >= 4 is 39.1 Å². The van der Waals surface area contributed by atoms with Gasteiger partial charge in [-0.2, -0.15) is 0 Å². The molecular formula is C29H35N3O3S. The summed E-state index contributed by atoms with van der Waals surface area (Å²) in [5.41, 5.74) is 5.68. The SMILES string of the molecule is COC(=O)c1cc2c(s1)c(C1CCCCC1)c1n2CC(=O)N(CCN2CCCCC2)c2ccccc2-1. The van der Waals surface area contributed by atoms with E-state index in [0.717, 1.165) is 53.9 Å². The smallest absolute Gasteiger partial charge is 0.348 e. The maximum atomic E-state index is 13.8. The number of hydrogen-bond acceptors (Lipinski definition) is 5. The van der Waals surface area contributed by atoms with Crippen LogP contribution in [0.2, 0.25) is 0 Å². The maximum Gasteiger partial charge on any atom is 0.348 e. The summed E-state index contributed by atoms with van der Waals surface area (Å²) in [6.45, 7) is 4.16. The number of carbonyl (C=O) groups excluding carboxylic acids is 2. The van der Waals surface area contributed by atoms with E-state index in [1.54, 1.807) is 0 Å². The largest absolute Gasteiger partial charge is 0.465 e. The fourth-order valence-electron chi connectivity index (χ4n) is 6.51. The molecule has 2 aliphatic heterocycles. The van der Waals surface area contributed by atoms with Crippen molar-refractivity contribution in [2.75, 3.05) is 38.2 Å². The zero-order valence-electron chi connectivity index (χ0n) is 21.1. The number of methoxy groups -OCH3 is 1. The minimum absolute atomic E-state index is 0.121. The number of nitrogens with zero attached hydrogens (tertiary/aromatic N) is 3. The Morgan fingerprint density at radius 1 is 1.03 bits per heavy atom. The molecule has 0 atom stereocenters. The van der Waals surface area contributed by atoms with Gasteiger partial charge < -0.3 is 19.1 Å². The average molecular weight is 506 g/mol. The third-order valence-electron chi connectivity index (χ3n) is 8.31. The monoisotopic (exact) mass is 505 g/mol. The number of likely N-dealkylation sites (tertiary alicyclic amines) is 1. The van der Waals surface area contributed by atoms with Gasteiger partial charge in [0.1, 0.15) is 11.4 Å². The van der Waals surface area contributed by atoms with E-state index in [1.807, 2.05) is 11.0 Å². The quantitative estimate of drug-likeness (QED) is 0.397. The van der Waals surface area contributed by atoms with Crippen LogP contribution in [0.3, 0.4) is 0 Å². The van der Waals surface area contributed by atoms with Crippen LogP contribution >= 0.6 is 11.3 Å². The van der Waals surface area contributed by atoms with Crippen molar-refractivity contribution in [2.24, 2.45) is 0 Å². The molecule has 0 bridgehead atoms. The number of ether oxygens (including phenoxy) is 1. The van der Waals surface area contributed by atoms with Gasteiger partial charge in [0.25, 0.3) is 0 Å². The van der Waals surface area contributed by atoms with Crippen molar-refractivity contribution in [2.45, 2.75) is 63.8 Å². The van der Waals surface area contributed by atoms with Crippen LogP contribution in [0.25, 0.3) is 21.5 Å². The summed E-state index contributed by atoms with van der Waals surface area (Å²) < 4.78 is 8.41. The van der Waals surface area contributed by atoms with Crippen LogP contribution in [-0.2, 0) is 16.1 Å². The van der Waals surface area contributed by atoms with E-state index in [4.69, 9.17) is 4.74 Å². The number of carbonyl (C=O) groups is 2. The normalized spacial score (nSPS) is 19.2. The van der Waals surface area contributed by atoms with E-state index in [1.165, 1.54) is 68.2 Å². The Morgan fingerprint density at radius 2 is 1.78 bits per heavy atom. The highest BCUT2D eigenvalue weighted by Crippen LogP contribution is 2.49. The first-order valence-electron chi connectivity index (χ1n) is 13.5. The molecule has 2 aromatic heterocycles. The van der Waals surface area contributed by atoms with Crippen molar-refractivity contribution in [1.82, 2.24) is 9.47 Å². The molecule has 1 aromatic carbocycles. The predicted octanol–water partition coefficient (Wildman–Crippen LogP) is 6.04. The van der Waals surface area contributed by atoms with Crippen molar-refractivity contribution < 1.29 is 14.3 Å². The molecule has 7 heteroatoms. The van der Waals surface area contributed by atoms with Crippen LogP contribution < -0.4 is 4.90 Å². The summed E-state index contributed by atoms with van der Waals surface area (Å²) in [4.78, 5) is 31.4. The van der Waals surface area contributed by atoms with Crippen LogP contribution in [0.5, 0.6) is 0 Å². The third kappa shape index (κ3) is 4.16. The molecule has 3 aliphatic rings. The molecule has 6 rings (SSSR count). The number of benzene rings is 1. The molecule has 1 saturated carbocycles. The maximum absolute atomic E-state index is 13.8. The summed E-state index contributed by atoms with van der Waals surface area (Å²) in [7, 11) is 1.43. The lowest BCUT2D eigenvalue weighted by molar-refractivity contribution is -0.119. The molecule has 2 fully saturated rings. The van der Waals surface area contributed by atoms with Gasteiger partial charge in [0.2, 0.25) is 5.91 Å². The standard InChI is InChI=1S/C29H35N3O3S/c1-35-29(34)24-18-23-28(36-24)26(20-10-4-2-5-11-20)27-21-12-6-7-13-22(21)31(25(33)19-32(23)27)17-16-30-14-8-3-9-15-30/h6-7,12-13,18,20H,2-5,8-11,14-17,19H2,1H3. The number of aromatic nitrogens is 1. The number of esters is 1. The molecule has 1 saturated heterocycles. The van der Waals surface area contributed by atoms with Gasteiger partial charge in [0.05, 0.1) is 28.7 Å². The van der Waals surface area contributed by atoms with Gasteiger partial charge in [0.15, 0.2) is 0 Å². The van der Waals surface area contributed by atoms with Gasteiger partial charge in [-0.1, -0.05) is 43.9 Å². The zero-order chi connectivity index (χ0) is 24.6. The van der Waals surface area contributed by atoms with E-state index < -0.39 is 0 Å². The van der Waals surface area contributed by atoms with E-state index in [2.05, 4.69) is 33.7 Å². The lowest BCUT2D eigenvalue weighted by atomic mass is 9.83. The molecule has 4 heterocycles. The topological polar surface area (TPSA) is 54.8 Å². The molecule has 36 heavy (non-hydrogen) atoms. The van der Waals surface area contributed by atoms with E-state index in [9.17, 15) is 9.59 Å². The Morgan fingerprint density at radius 3 is 2.56 bits per heavy atom. The molecule has 6 nitrogen and oxygen atoms in total. The van der Waals surface area contributed by atoms with Crippen LogP contribution in [0.15, 0.2) is 30.3 Å². The number of thiophene rings is 1. The highest BCUT2D eigenvalue weighted by Gasteiger charge is 2.34. The number of piperidine rings is 1. The lowest BCUT2D eigenvalue weighted by Crippen LogP contribution is -2.41. The first-order valence-corrected chi connectivity index (χ1v) is 14.3. The highest BCUT2D eigenvalue weighted by atomic mass is 32.1. The second-order valence-electron chi connectivity index (χ2n) is 10.5. The minimum Gasteiger partial charge on any atom is -0.465 e. The second-order valence-corrected chi connectivity index (χ2v) is 11.5. The number of hydrogen-bond donors (Lipinski definition) is 0. The van der Waals surface area contributed by atoms with Crippen LogP contribution in [0.1, 0.15) is 72.5 Å². The van der Waals surface area contributed by atoms with Crippen LogP contribution in [-0.4, -0.2) is 54.6 Å². The minimum atomic E-state index is -0.302. The predicted molar refractivity (Wildman–Crippen MR) is 145 cm³/mol. The van der Waals surface area contributed by atoms with Crippen molar-refractivity contribution in [1.29, 1.82) is 0 Å². The Bertz CT molecular complexity index is 1280. The third-order valence-corrected chi connectivity index (χ3v) is 9.44. The lowest BCUT2D eigenvalue weighted by Gasteiger charge is -2.30. The fourth-order valence-corrected chi connectivity index (χ4v) is 7.71. The summed E-state index contributed by atoms with van der Waals surface area (Å²) in [5.74, 6) is 0.268. The summed E-state index contributed by atoms with van der Waals surface area (Å²) in [6, 6.07) is 10.4. The van der Waals surface area contributed by atoms with E-state index in [0.29, 0.717) is 23.9 Å². The zero-order valence-corrected chi connectivity index (χ0v) is 21.9.